The average Bonchev–Trinajstić information content (AvgIpc) is 2.76. The first-order valence-corrected chi connectivity index (χ1v) is 9.74. The lowest BCUT2D eigenvalue weighted by Crippen LogP contribution is -2.27. The highest BCUT2D eigenvalue weighted by Gasteiger charge is 2.22. The van der Waals surface area contributed by atoms with Crippen molar-refractivity contribution in [3.05, 3.63) is 106 Å². The third-order valence-electron chi connectivity index (χ3n) is 4.59. The highest BCUT2D eigenvalue weighted by molar-refractivity contribution is 6.30. The highest BCUT2D eigenvalue weighted by Crippen LogP contribution is 2.28. The number of nitrogens with one attached hydrogen (secondary N) is 1. The van der Waals surface area contributed by atoms with Gasteiger partial charge in [-0.2, -0.15) is 9.78 Å². The molecule has 30 heavy (non-hydrogen) atoms. The van der Waals surface area contributed by atoms with Crippen LogP contribution in [0.2, 0.25) is 5.02 Å². The Kier molecular flexibility index (Phi) is 5.46. The molecule has 148 valence electrons. The fourth-order valence-corrected chi connectivity index (χ4v) is 3.43. The zero-order valence-corrected chi connectivity index (χ0v) is 16.9. The quantitative estimate of drug-likeness (QED) is 0.437. The first-order chi connectivity index (χ1) is 14.5. The zero-order valence-electron chi connectivity index (χ0n) is 16.2. The minimum absolute atomic E-state index is 0.155. The number of hydrogen-bond donors (Lipinski definition) is 1. The third kappa shape index (κ3) is 3.88. The number of nitrogens with zero attached hydrogens (tertiary/aromatic N) is 2. The summed E-state index contributed by atoms with van der Waals surface area (Å²) in [5, 5.41) is 8.19. The van der Waals surface area contributed by atoms with Crippen LogP contribution in [0.5, 0.6) is 0 Å². The van der Waals surface area contributed by atoms with Crippen molar-refractivity contribution >= 4 is 28.8 Å². The summed E-state index contributed by atoms with van der Waals surface area (Å²) in [5.41, 5.74) is 2.33. The number of carbonyl (C=O) groups is 1. The number of para-hydroxylation sites is 1. The van der Waals surface area contributed by atoms with Crippen molar-refractivity contribution in [2.24, 2.45) is 0 Å². The minimum Gasteiger partial charge on any atom is -0.350 e. The van der Waals surface area contributed by atoms with E-state index in [1.807, 2.05) is 48.5 Å². The molecule has 0 atom stereocenters. The van der Waals surface area contributed by atoms with Crippen LogP contribution >= 0.6 is 11.6 Å². The summed E-state index contributed by atoms with van der Waals surface area (Å²) in [4.78, 5) is 26.1. The maximum Gasteiger partial charge on any atom is 0.295 e. The van der Waals surface area contributed by atoms with E-state index in [4.69, 9.17) is 11.6 Å². The van der Waals surface area contributed by atoms with Crippen molar-refractivity contribution in [2.45, 2.75) is 6.92 Å². The molecule has 0 saturated carbocycles. The van der Waals surface area contributed by atoms with Crippen molar-refractivity contribution in [3.63, 3.8) is 0 Å². The number of benzene rings is 3. The monoisotopic (exact) mass is 415 g/mol. The Morgan fingerprint density at radius 3 is 2.23 bits per heavy atom. The fourth-order valence-electron chi connectivity index (χ4n) is 3.24. The molecule has 1 N–H and O–H groups in total. The number of halogens is 1. The van der Waals surface area contributed by atoms with E-state index in [-0.39, 0.29) is 17.0 Å². The second-order valence-electron chi connectivity index (χ2n) is 6.71. The topological polar surface area (TPSA) is 64.0 Å². The van der Waals surface area contributed by atoms with Crippen molar-refractivity contribution in [3.8, 4) is 16.9 Å². The first kappa shape index (κ1) is 19.6. The number of Topliss-reactive ketones (excluding diaryl/α,β-unsaturated/α-hetero) is 1. The summed E-state index contributed by atoms with van der Waals surface area (Å²) < 4.78 is 1.31. The van der Waals surface area contributed by atoms with Gasteiger partial charge in [0, 0.05) is 16.3 Å². The Morgan fingerprint density at radius 2 is 1.60 bits per heavy atom. The molecule has 4 rings (SSSR count). The van der Waals surface area contributed by atoms with E-state index in [1.165, 1.54) is 11.6 Å². The zero-order chi connectivity index (χ0) is 21.1. The van der Waals surface area contributed by atoms with E-state index in [1.54, 1.807) is 36.4 Å². The highest BCUT2D eigenvalue weighted by atomic mass is 35.5. The molecule has 0 saturated heterocycles. The van der Waals surface area contributed by atoms with Gasteiger partial charge in [-0.25, -0.2) is 0 Å². The van der Waals surface area contributed by atoms with Gasteiger partial charge < -0.3 is 5.32 Å². The van der Waals surface area contributed by atoms with Gasteiger partial charge in [-0.3, -0.25) is 9.59 Å². The molecule has 0 unspecified atom stereocenters. The van der Waals surface area contributed by atoms with Gasteiger partial charge in [0.2, 0.25) is 0 Å². The predicted octanol–water partition coefficient (Wildman–Crippen LogP) is 5.50. The number of rotatable bonds is 5. The largest absolute Gasteiger partial charge is 0.350 e. The molecule has 4 aromatic rings. The second kappa shape index (κ2) is 8.35. The molecule has 0 aliphatic rings. The molecule has 0 aliphatic heterocycles. The Labute approximate surface area is 178 Å². The molecule has 5 nitrogen and oxygen atoms in total. The van der Waals surface area contributed by atoms with Crippen LogP contribution in [0.1, 0.15) is 17.3 Å². The maximum atomic E-state index is 13.4. The molecule has 0 radical (unpaired) electrons. The van der Waals surface area contributed by atoms with Crippen molar-refractivity contribution in [2.75, 3.05) is 5.32 Å². The van der Waals surface area contributed by atoms with Crippen LogP contribution in [0, 0.1) is 0 Å². The fraction of sp³-hybridized carbons (Fsp3) is 0.0417. The molecule has 0 spiro atoms. The van der Waals surface area contributed by atoms with Gasteiger partial charge in [0.25, 0.3) is 5.56 Å². The van der Waals surface area contributed by atoms with E-state index < -0.39 is 5.56 Å². The van der Waals surface area contributed by atoms with E-state index in [9.17, 15) is 9.59 Å². The van der Waals surface area contributed by atoms with Crippen molar-refractivity contribution < 1.29 is 4.79 Å². The lowest BCUT2D eigenvalue weighted by molar-refractivity contribution is 0.101. The third-order valence-corrected chi connectivity index (χ3v) is 4.82. The molecule has 6 heteroatoms. The standard InChI is InChI=1S/C24H18ClN3O2/c1-16(29)21-22(17-9-4-2-5-10-17)27-28(20-13-6-3-7-14-20)24(30)23(21)26-19-12-8-11-18(25)15-19/h2-15,26H,1H3. The van der Waals surface area contributed by atoms with Crippen molar-refractivity contribution in [1.82, 2.24) is 9.78 Å². The van der Waals surface area contributed by atoms with E-state index in [0.717, 1.165) is 5.56 Å². The van der Waals surface area contributed by atoms with E-state index in [0.29, 0.717) is 22.1 Å². The van der Waals surface area contributed by atoms with Crippen LogP contribution in [0.4, 0.5) is 11.4 Å². The molecule has 0 bridgehead atoms. The summed E-state index contributed by atoms with van der Waals surface area (Å²) in [6.07, 6.45) is 0. The van der Waals surface area contributed by atoms with Gasteiger partial charge in [-0.1, -0.05) is 66.2 Å². The van der Waals surface area contributed by atoms with E-state index >= 15 is 0 Å². The number of ketones is 1. The van der Waals surface area contributed by atoms with Crippen LogP contribution in [0.15, 0.2) is 89.7 Å². The normalized spacial score (nSPS) is 10.6. The molecule has 1 aromatic heterocycles. The Bertz CT molecular complexity index is 1270. The Balaban J connectivity index is 2.03. The van der Waals surface area contributed by atoms with Gasteiger partial charge in [0.15, 0.2) is 5.78 Å². The predicted molar refractivity (Wildman–Crippen MR) is 120 cm³/mol. The summed E-state index contributed by atoms with van der Waals surface area (Å²) in [5.74, 6) is -0.261. The minimum atomic E-state index is -0.425. The van der Waals surface area contributed by atoms with Gasteiger partial charge in [-0.15, -0.1) is 0 Å². The number of anilines is 2. The summed E-state index contributed by atoms with van der Waals surface area (Å²) >= 11 is 6.10. The summed E-state index contributed by atoms with van der Waals surface area (Å²) in [7, 11) is 0. The summed E-state index contributed by atoms with van der Waals surface area (Å²) in [6, 6.07) is 25.4. The molecule has 1 heterocycles. The van der Waals surface area contributed by atoms with Crippen LogP contribution in [-0.4, -0.2) is 15.6 Å². The second-order valence-corrected chi connectivity index (χ2v) is 7.15. The molecule has 0 amide bonds. The van der Waals surface area contributed by atoms with Crippen LogP contribution in [0.25, 0.3) is 16.9 Å². The van der Waals surface area contributed by atoms with Gasteiger partial charge >= 0.3 is 0 Å². The lowest BCUT2D eigenvalue weighted by atomic mass is 10.0. The van der Waals surface area contributed by atoms with Crippen LogP contribution in [0.3, 0.4) is 0 Å². The SMILES string of the molecule is CC(=O)c1c(-c2ccccc2)nn(-c2ccccc2)c(=O)c1Nc1cccc(Cl)c1. The van der Waals surface area contributed by atoms with Crippen LogP contribution in [-0.2, 0) is 0 Å². The Hall–Kier alpha value is -3.70. The molecule has 0 fully saturated rings. The first-order valence-electron chi connectivity index (χ1n) is 9.36. The van der Waals surface area contributed by atoms with Gasteiger partial charge in [-0.05, 0) is 37.3 Å². The Morgan fingerprint density at radius 1 is 0.933 bits per heavy atom. The number of hydrogen-bond acceptors (Lipinski definition) is 4. The van der Waals surface area contributed by atoms with Gasteiger partial charge in [0.05, 0.1) is 11.3 Å². The molecular weight excluding hydrogens is 398 g/mol. The molecule has 3 aromatic carbocycles. The van der Waals surface area contributed by atoms with Crippen LogP contribution < -0.4 is 10.9 Å². The molecule has 0 aliphatic carbocycles. The number of carbonyl (C=O) groups excluding carboxylic acids is 1. The summed E-state index contributed by atoms with van der Waals surface area (Å²) in [6.45, 7) is 1.43. The number of aromatic nitrogens is 2. The maximum absolute atomic E-state index is 13.4. The smallest absolute Gasteiger partial charge is 0.295 e. The molecular formula is C24H18ClN3O2. The van der Waals surface area contributed by atoms with E-state index in [2.05, 4.69) is 10.4 Å². The van der Waals surface area contributed by atoms with Crippen molar-refractivity contribution in [1.29, 1.82) is 0 Å². The lowest BCUT2D eigenvalue weighted by Gasteiger charge is -2.17. The van der Waals surface area contributed by atoms with Gasteiger partial charge in [0.1, 0.15) is 11.4 Å². The average molecular weight is 416 g/mol.